The summed E-state index contributed by atoms with van der Waals surface area (Å²) >= 11 is 0. The van der Waals surface area contributed by atoms with Crippen LogP contribution in [0.1, 0.15) is 81.8 Å². The summed E-state index contributed by atoms with van der Waals surface area (Å²) in [7, 11) is 3.17. The molecule has 6 nitrogen and oxygen atoms in total. The molecule has 6 heteroatoms. The largest absolute Gasteiger partial charge is 0.507 e. The molecule has 0 amide bonds. The van der Waals surface area contributed by atoms with Gasteiger partial charge >= 0.3 is 0 Å². The number of hydrogen-bond donors (Lipinski definition) is 2. The zero-order valence-electron chi connectivity index (χ0n) is 21.4. The molecule has 2 N–H and O–H groups in total. The van der Waals surface area contributed by atoms with Crippen LogP contribution in [-0.4, -0.2) is 50.0 Å². The van der Waals surface area contributed by atoms with Gasteiger partial charge in [0.1, 0.15) is 23.0 Å². The summed E-state index contributed by atoms with van der Waals surface area (Å²) in [6.45, 7) is 1.60. The van der Waals surface area contributed by atoms with Crippen LogP contribution < -0.4 is 9.47 Å². The van der Waals surface area contributed by atoms with Gasteiger partial charge in [-0.1, -0.05) is 57.8 Å². The van der Waals surface area contributed by atoms with Crippen LogP contribution in [0.3, 0.4) is 0 Å². The maximum absolute atomic E-state index is 9.92. The molecule has 2 rings (SSSR count). The van der Waals surface area contributed by atoms with Crippen LogP contribution in [-0.2, 0) is 0 Å². The molecule has 192 valence electrons. The van der Waals surface area contributed by atoms with Crippen molar-refractivity contribution in [1.29, 1.82) is 0 Å². The molecule has 2 aromatic rings. The van der Waals surface area contributed by atoms with Crippen LogP contribution in [0.25, 0.3) is 0 Å². The molecule has 0 saturated heterocycles. The molecule has 0 fully saturated rings. The second-order valence-electron chi connectivity index (χ2n) is 8.81. The van der Waals surface area contributed by atoms with Crippen molar-refractivity contribution in [3.05, 3.63) is 47.5 Å². The van der Waals surface area contributed by atoms with E-state index in [4.69, 9.17) is 9.47 Å². The molecule has 0 heterocycles. The maximum atomic E-state index is 9.92. The summed E-state index contributed by atoms with van der Waals surface area (Å²) in [5.41, 5.74) is 1.46. The van der Waals surface area contributed by atoms with Crippen molar-refractivity contribution in [2.24, 2.45) is 9.98 Å². The summed E-state index contributed by atoms with van der Waals surface area (Å²) in [6, 6.07) is 10.5. The molecule has 0 saturated carbocycles. The SMILES string of the molecule is COc1ccc(/C=N\CCCCCCCCCCCCC/N=C/c2ccc(OC)cc2O)c(O)c1. The number of hydrogen-bond acceptors (Lipinski definition) is 6. The number of phenolic OH excluding ortho intramolecular Hbond substituents is 2. The van der Waals surface area contributed by atoms with Crippen molar-refractivity contribution in [2.75, 3.05) is 27.3 Å². The number of methoxy groups -OCH3 is 2. The van der Waals surface area contributed by atoms with E-state index in [2.05, 4.69) is 9.98 Å². The molecule has 0 aliphatic heterocycles. The van der Waals surface area contributed by atoms with Crippen molar-refractivity contribution >= 4 is 12.4 Å². The van der Waals surface area contributed by atoms with E-state index in [1.807, 2.05) is 24.3 Å². The van der Waals surface area contributed by atoms with E-state index in [1.165, 1.54) is 57.8 Å². The predicted molar refractivity (Wildman–Crippen MR) is 145 cm³/mol. The number of benzene rings is 2. The maximum Gasteiger partial charge on any atom is 0.128 e. The molecule has 0 aliphatic carbocycles. The molecule has 2 aromatic carbocycles. The number of nitrogens with zero attached hydrogens (tertiary/aromatic N) is 2. The van der Waals surface area contributed by atoms with E-state index in [0.717, 1.165) is 37.1 Å². The van der Waals surface area contributed by atoms with Crippen LogP contribution in [0.4, 0.5) is 0 Å². The normalized spacial score (nSPS) is 11.5. The second kappa shape index (κ2) is 17.4. The van der Waals surface area contributed by atoms with Crippen LogP contribution >= 0.6 is 0 Å². The standard InChI is InChI=1S/C29H42N2O4/c1-34-26-16-14-24(28(32)20-26)22-30-18-12-10-8-6-4-3-5-7-9-11-13-19-31-23-25-15-17-27(35-2)21-29(25)33/h14-17,20-23,32-33H,3-13,18-19H2,1-2H3/b30-22-,31-23+. The Morgan fingerprint density at radius 2 is 0.914 bits per heavy atom. The highest BCUT2D eigenvalue weighted by Gasteiger charge is 2.01. The fraction of sp³-hybridized carbons (Fsp3) is 0.517. The third kappa shape index (κ3) is 11.8. The molecule has 0 spiro atoms. The Morgan fingerprint density at radius 3 is 1.23 bits per heavy atom. The lowest BCUT2D eigenvalue weighted by Crippen LogP contribution is -1.89. The van der Waals surface area contributed by atoms with Gasteiger partial charge in [0.15, 0.2) is 0 Å². The van der Waals surface area contributed by atoms with E-state index < -0.39 is 0 Å². The first-order valence-electron chi connectivity index (χ1n) is 12.9. The molecule has 0 bridgehead atoms. The van der Waals surface area contributed by atoms with Gasteiger partial charge in [-0.25, -0.2) is 0 Å². The summed E-state index contributed by atoms with van der Waals surface area (Å²) in [6.07, 6.45) is 17.2. The number of unbranched alkanes of at least 4 members (excludes halogenated alkanes) is 10. The lowest BCUT2D eigenvalue weighted by molar-refractivity contribution is 0.407. The van der Waals surface area contributed by atoms with Gasteiger partial charge in [0.2, 0.25) is 0 Å². The average Bonchev–Trinajstić information content (AvgIpc) is 2.87. The first-order chi connectivity index (χ1) is 17.1. The third-order valence-corrected chi connectivity index (χ3v) is 6.01. The van der Waals surface area contributed by atoms with Crippen LogP contribution in [0.15, 0.2) is 46.4 Å². The van der Waals surface area contributed by atoms with E-state index in [9.17, 15) is 10.2 Å². The quantitative estimate of drug-likeness (QED) is 0.178. The highest BCUT2D eigenvalue weighted by molar-refractivity contribution is 5.84. The molecular weight excluding hydrogens is 440 g/mol. The van der Waals surface area contributed by atoms with Crippen molar-refractivity contribution in [3.8, 4) is 23.0 Å². The minimum absolute atomic E-state index is 0.201. The van der Waals surface area contributed by atoms with Crippen molar-refractivity contribution < 1.29 is 19.7 Å². The number of aromatic hydroxyl groups is 2. The van der Waals surface area contributed by atoms with E-state index >= 15 is 0 Å². The zero-order valence-corrected chi connectivity index (χ0v) is 21.4. The first kappa shape index (κ1) is 28.2. The smallest absolute Gasteiger partial charge is 0.128 e. The number of rotatable bonds is 18. The van der Waals surface area contributed by atoms with Crippen LogP contribution in [0.5, 0.6) is 23.0 Å². The van der Waals surface area contributed by atoms with Gasteiger partial charge < -0.3 is 19.7 Å². The van der Waals surface area contributed by atoms with Gasteiger partial charge in [-0.3, -0.25) is 9.98 Å². The summed E-state index contributed by atoms with van der Waals surface area (Å²) in [5.74, 6) is 1.70. The van der Waals surface area contributed by atoms with Crippen molar-refractivity contribution in [3.63, 3.8) is 0 Å². The molecular formula is C29H42N2O4. The van der Waals surface area contributed by atoms with E-state index in [1.54, 1.807) is 38.8 Å². The number of aliphatic imine (C=N–C) groups is 2. The highest BCUT2D eigenvalue weighted by atomic mass is 16.5. The lowest BCUT2D eigenvalue weighted by atomic mass is 10.1. The summed E-state index contributed by atoms with van der Waals surface area (Å²) in [4.78, 5) is 8.86. The van der Waals surface area contributed by atoms with Gasteiger partial charge in [-0.15, -0.1) is 0 Å². The molecule has 0 aromatic heterocycles. The van der Waals surface area contributed by atoms with Gasteiger partial charge in [0, 0.05) is 48.8 Å². The molecule has 0 radical (unpaired) electrons. The third-order valence-electron chi connectivity index (χ3n) is 6.01. The van der Waals surface area contributed by atoms with E-state index in [-0.39, 0.29) is 11.5 Å². The zero-order chi connectivity index (χ0) is 25.1. The molecule has 35 heavy (non-hydrogen) atoms. The fourth-order valence-electron chi connectivity index (χ4n) is 3.84. The first-order valence-corrected chi connectivity index (χ1v) is 12.9. The van der Waals surface area contributed by atoms with Crippen molar-refractivity contribution in [1.82, 2.24) is 0 Å². The van der Waals surface area contributed by atoms with Crippen molar-refractivity contribution in [2.45, 2.75) is 70.6 Å². The van der Waals surface area contributed by atoms with E-state index in [0.29, 0.717) is 11.5 Å². The minimum atomic E-state index is 0.201. The second-order valence-corrected chi connectivity index (χ2v) is 8.81. The molecule has 0 atom stereocenters. The number of phenols is 2. The Morgan fingerprint density at radius 1 is 0.571 bits per heavy atom. The number of ether oxygens (including phenoxy) is 2. The predicted octanol–water partition coefficient (Wildman–Crippen LogP) is 6.94. The van der Waals surface area contributed by atoms with Gasteiger partial charge in [-0.05, 0) is 37.1 Å². The lowest BCUT2D eigenvalue weighted by Gasteiger charge is -2.03. The Bertz CT molecular complexity index is 838. The highest BCUT2D eigenvalue weighted by Crippen LogP contribution is 2.23. The van der Waals surface area contributed by atoms with Crippen LogP contribution in [0.2, 0.25) is 0 Å². The van der Waals surface area contributed by atoms with Gasteiger partial charge in [-0.2, -0.15) is 0 Å². The Kier molecular flexibility index (Phi) is 14.0. The Labute approximate surface area is 210 Å². The Balaban J connectivity index is 1.37. The topological polar surface area (TPSA) is 83.6 Å². The Hall–Kier alpha value is -3.02. The molecule has 0 unspecified atom stereocenters. The summed E-state index contributed by atoms with van der Waals surface area (Å²) < 4.78 is 10.2. The summed E-state index contributed by atoms with van der Waals surface area (Å²) in [5, 5.41) is 19.8. The fourth-order valence-corrected chi connectivity index (χ4v) is 3.84. The monoisotopic (exact) mass is 482 g/mol. The minimum Gasteiger partial charge on any atom is -0.507 e. The van der Waals surface area contributed by atoms with Gasteiger partial charge in [0.25, 0.3) is 0 Å². The van der Waals surface area contributed by atoms with Crippen LogP contribution in [0, 0.1) is 0 Å². The molecule has 0 aliphatic rings. The van der Waals surface area contributed by atoms with Gasteiger partial charge in [0.05, 0.1) is 14.2 Å². The average molecular weight is 483 g/mol.